The highest BCUT2D eigenvalue weighted by atomic mass is 16.5. The van der Waals surface area contributed by atoms with Crippen molar-refractivity contribution in [2.45, 2.75) is 72.6 Å². The lowest BCUT2D eigenvalue weighted by atomic mass is 9.63. The predicted octanol–water partition coefficient (Wildman–Crippen LogP) is 5.64. The normalized spacial score (nSPS) is 22.6. The number of carbonyl (C=O) groups is 2. The van der Waals surface area contributed by atoms with E-state index in [1.165, 1.54) is 0 Å². The molecule has 0 amide bonds. The van der Waals surface area contributed by atoms with E-state index < -0.39 is 11.8 Å². The number of benzene rings is 1. The molecule has 1 unspecified atom stereocenters. The smallest absolute Gasteiger partial charge is 0.336 e. The number of aliphatic imine (C=N–C) groups is 1. The van der Waals surface area contributed by atoms with Crippen LogP contribution in [0.1, 0.15) is 78.2 Å². The number of rotatable bonds is 8. The highest BCUT2D eigenvalue weighted by molar-refractivity contribution is 6.12. The number of unbranched alkanes of at least 4 members (excludes halogenated alkanes) is 1. The lowest BCUT2D eigenvalue weighted by Crippen LogP contribution is -2.44. The Labute approximate surface area is 185 Å². The van der Waals surface area contributed by atoms with Crippen molar-refractivity contribution in [3.8, 4) is 5.75 Å². The van der Waals surface area contributed by atoms with E-state index in [1.54, 1.807) is 0 Å². The molecule has 0 aromatic heterocycles. The van der Waals surface area contributed by atoms with E-state index >= 15 is 0 Å². The molecule has 2 aliphatic rings. The number of Topliss-reactive ketones (excluding diaryl/α,β-unsaturated/α-hetero) is 1. The van der Waals surface area contributed by atoms with Gasteiger partial charge in [-0.3, -0.25) is 9.79 Å². The first-order valence-electron chi connectivity index (χ1n) is 11.5. The molecule has 0 N–H and O–H groups in total. The van der Waals surface area contributed by atoms with Gasteiger partial charge in [-0.2, -0.15) is 0 Å². The molecular weight excluding hydrogens is 390 g/mol. The molecule has 0 bridgehead atoms. The Bertz CT molecular complexity index is 896. The van der Waals surface area contributed by atoms with E-state index in [2.05, 4.69) is 20.8 Å². The van der Waals surface area contributed by atoms with Gasteiger partial charge in [-0.15, -0.1) is 0 Å². The van der Waals surface area contributed by atoms with Crippen molar-refractivity contribution >= 4 is 17.5 Å². The van der Waals surface area contributed by atoms with Crippen LogP contribution in [0.3, 0.4) is 0 Å². The molecule has 2 atom stereocenters. The van der Waals surface area contributed by atoms with Gasteiger partial charge in [-0.1, -0.05) is 52.3 Å². The number of allylic oxidation sites excluding steroid dienone is 1. The van der Waals surface area contributed by atoms with Crippen molar-refractivity contribution in [1.82, 2.24) is 0 Å². The van der Waals surface area contributed by atoms with E-state index in [-0.39, 0.29) is 17.2 Å². The number of ketones is 1. The minimum Gasteiger partial charge on any atom is -0.493 e. The van der Waals surface area contributed by atoms with Crippen molar-refractivity contribution in [3.05, 3.63) is 41.1 Å². The van der Waals surface area contributed by atoms with Crippen LogP contribution in [0.5, 0.6) is 5.75 Å². The Kier molecular flexibility index (Phi) is 7.34. The first-order valence-corrected chi connectivity index (χ1v) is 11.5. The van der Waals surface area contributed by atoms with Gasteiger partial charge in [0.25, 0.3) is 0 Å². The molecule has 0 saturated heterocycles. The molecule has 1 aromatic rings. The summed E-state index contributed by atoms with van der Waals surface area (Å²) in [4.78, 5) is 31.3. The molecule has 0 spiro atoms. The maximum absolute atomic E-state index is 13.4. The Morgan fingerprint density at radius 2 is 1.84 bits per heavy atom. The fraction of sp³-hybridized carbons (Fsp3) is 0.577. The van der Waals surface area contributed by atoms with Crippen LogP contribution in [0, 0.1) is 11.3 Å². The molecule has 1 aromatic carbocycles. The van der Waals surface area contributed by atoms with Gasteiger partial charge < -0.3 is 9.47 Å². The van der Waals surface area contributed by atoms with E-state index in [4.69, 9.17) is 14.5 Å². The summed E-state index contributed by atoms with van der Waals surface area (Å²) in [6.07, 6.45) is 3.94. The van der Waals surface area contributed by atoms with E-state index in [0.29, 0.717) is 30.9 Å². The highest BCUT2D eigenvalue weighted by Crippen LogP contribution is 2.48. The third-order valence-corrected chi connectivity index (χ3v) is 6.03. The molecule has 5 heteroatoms. The van der Waals surface area contributed by atoms with Gasteiger partial charge >= 0.3 is 5.97 Å². The lowest BCUT2D eigenvalue weighted by molar-refractivity contribution is -0.139. The standard InChI is InChI=1S/C26H35NO4/c1-6-8-14-30-21-12-10-9-11-18(21)23-22(25(29)31-13-7-2)17(3)27-19-15-26(4,5)16-20(28)24(19)23/h9-12,23-24H,6-8,13-16H2,1-5H3/t23-,24?/m1/s1. The Morgan fingerprint density at radius 1 is 1.10 bits per heavy atom. The SMILES string of the molecule is CCCCOc1ccccc1[C@@H]1C(C(=O)OCCC)=C(C)N=C2CC(C)(C)CC(=O)C21. The van der Waals surface area contributed by atoms with Crippen molar-refractivity contribution in [3.63, 3.8) is 0 Å². The van der Waals surface area contributed by atoms with Crippen molar-refractivity contribution in [2.75, 3.05) is 13.2 Å². The van der Waals surface area contributed by atoms with Crippen LogP contribution >= 0.6 is 0 Å². The van der Waals surface area contributed by atoms with Crippen LogP contribution in [0.15, 0.2) is 40.5 Å². The minimum atomic E-state index is -0.447. The number of ether oxygens (including phenoxy) is 2. The minimum absolute atomic E-state index is 0.130. The van der Waals surface area contributed by atoms with Crippen LogP contribution in [-0.2, 0) is 14.3 Å². The highest BCUT2D eigenvalue weighted by Gasteiger charge is 2.48. The molecule has 1 fully saturated rings. The summed E-state index contributed by atoms with van der Waals surface area (Å²) in [7, 11) is 0. The number of hydrogen-bond donors (Lipinski definition) is 0. The quantitative estimate of drug-likeness (QED) is 0.400. The summed E-state index contributed by atoms with van der Waals surface area (Å²) in [6, 6.07) is 7.77. The van der Waals surface area contributed by atoms with Crippen LogP contribution in [-0.4, -0.2) is 30.7 Å². The van der Waals surface area contributed by atoms with Gasteiger partial charge in [0.2, 0.25) is 0 Å². The number of hydrogen-bond acceptors (Lipinski definition) is 5. The van der Waals surface area contributed by atoms with Gasteiger partial charge in [-0.25, -0.2) is 4.79 Å². The summed E-state index contributed by atoms with van der Waals surface area (Å²) >= 11 is 0. The second kappa shape index (κ2) is 9.80. The number of esters is 1. The van der Waals surface area contributed by atoms with Gasteiger partial charge in [0.15, 0.2) is 0 Å². The van der Waals surface area contributed by atoms with Crippen molar-refractivity contribution in [2.24, 2.45) is 16.3 Å². The maximum atomic E-state index is 13.4. The zero-order valence-corrected chi connectivity index (χ0v) is 19.5. The van der Waals surface area contributed by atoms with Gasteiger partial charge in [0, 0.05) is 29.3 Å². The second-order valence-electron chi connectivity index (χ2n) is 9.42. The molecule has 1 aliphatic carbocycles. The first-order chi connectivity index (χ1) is 14.8. The zero-order chi connectivity index (χ0) is 22.6. The van der Waals surface area contributed by atoms with Gasteiger partial charge in [0.1, 0.15) is 11.5 Å². The predicted molar refractivity (Wildman–Crippen MR) is 122 cm³/mol. The number of nitrogens with zero attached hydrogens (tertiary/aromatic N) is 1. The fourth-order valence-electron chi connectivity index (χ4n) is 4.66. The Balaban J connectivity index is 2.11. The largest absolute Gasteiger partial charge is 0.493 e. The Morgan fingerprint density at radius 3 is 2.55 bits per heavy atom. The van der Waals surface area contributed by atoms with Crippen LogP contribution < -0.4 is 4.74 Å². The number of carbonyl (C=O) groups excluding carboxylic acids is 2. The molecular formula is C26H35NO4. The van der Waals surface area contributed by atoms with Crippen LogP contribution in [0.2, 0.25) is 0 Å². The van der Waals surface area contributed by atoms with Gasteiger partial charge in [0.05, 0.1) is 24.7 Å². The topological polar surface area (TPSA) is 65.0 Å². The van der Waals surface area contributed by atoms with Gasteiger partial charge in [-0.05, 0) is 37.7 Å². The fourth-order valence-corrected chi connectivity index (χ4v) is 4.66. The van der Waals surface area contributed by atoms with E-state index in [0.717, 1.165) is 42.7 Å². The van der Waals surface area contributed by atoms with Crippen LogP contribution in [0.4, 0.5) is 0 Å². The molecule has 3 rings (SSSR count). The molecule has 31 heavy (non-hydrogen) atoms. The third-order valence-electron chi connectivity index (χ3n) is 6.03. The summed E-state index contributed by atoms with van der Waals surface area (Å²) in [5, 5.41) is 0. The average Bonchev–Trinajstić information content (AvgIpc) is 2.70. The van der Waals surface area contributed by atoms with Crippen LogP contribution in [0.25, 0.3) is 0 Å². The van der Waals surface area contributed by atoms with Crippen molar-refractivity contribution < 1.29 is 19.1 Å². The average molecular weight is 426 g/mol. The van der Waals surface area contributed by atoms with E-state index in [1.807, 2.05) is 38.1 Å². The third kappa shape index (κ3) is 5.08. The summed E-state index contributed by atoms with van der Waals surface area (Å²) in [6.45, 7) is 11.1. The molecule has 168 valence electrons. The second-order valence-corrected chi connectivity index (χ2v) is 9.42. The molecule has 0 radical (unpaired) electrons. The first kappa shape index (κ1) is 23.2. The monoisotopic (exact) mass is 425 g/mol. The summed E-state index contributed by atoms with van der Waals surface area (Å²) in [5.41, 5.74) is 2.74. The lowest BCUT2D eigenvalue weighted by Gasteiger charge is -2.41. The van der Waals surface area contributed by atoms with Crippen molar-refractivity contribution in [1.29, 1.82) is 0 Å². The molecule has 1 aliphatic heterocycles. The molecule has 5 nitrogen and oxygen atoms in total. The number of para-hydroxylation sites is 1. The maximum Gasteiger partial charge on any atom is 0.336 e. The van der Waals surface area contributed by atoms with E-state index in [9.17, 15) is 9.59 Å². The summed E-state index contributed by atoms with van der Waals surface area (Å²) in [5.74, 6) is -0.395. The number of fused-ring (bicyclic) bond motifs is 1. The molecule has 1 heterocycles. The Hall–Kier alpha value is -2.43. The summed E-state index contributed by atoms with van der Waals surface area (Å²) < 4.78 is 11.6. The molecule has 1 saturated carbocycles. The zero-order valence-electron chi connectivity index (χ0n) is 19.5.